The lowest BCUT2D eigenvalue weighted by molar-refractivity contribution is -0.137. The van der Waals surface area contributed by atoms with Gasteiger partial charge in [-0.05, 0) is 66.8 Å². The molecule has 0 atom stereocenters. The molecule has 0 spiro atoms. The van der Waals surface area contributed by atoms with Crippen LogP contribution < -0.4 is 9.62 Å². The standard InChI is InChI=1S/C19H21F3N2OS/c1-3-13(4-2)23-11-24-17-8-5-12(19(20,21)22)9-16(17)15-7-6-14(25)10-18(15)26-24/h5-10,13,23,25H,3-4,11H2,1-2H3. The van der Waals surface area contributed by atoms with E-state index in [1.165, 1.54) is 30.1 Å². The Labute approximate surface area is 155 Å². The smallest absolute Gasteiger partial charge is 0.416 e. The third kappa shape index (κ3) is 3.78. The highest BCUT2D eigenvalue weighted by Crippen LogP contribution is 2.48. The molecule has 0 radical (unpaired) electrons. The van der Waals surface area contributed by atoms with Gasteiger partial charge in [0.1, 0.15) is 5.75 Å². The van der Waals surface area contributed by atoms with Crippen molar-refractivity contribution < 1.29 is 18.3 Å². The number of phenols is 1. The van der Waals surface area contributed by atoms with Gasteiger partial charge in [0.25, 0.3) is 0 Å². The van der Waals surface area contributed by atoms with E-state index in [0.29, 0.717) is 23.8 Å². The van der Waals surface area contributed by atoms with Crippen LogP contribution in [0.3, 0.4) is 0 Å². The lowest BCUT2D eigenvalue weighted by Crippen LogP contribution is -2.37. The molecule has 1 aliphatic rings. The number of halogens is 3. The number of fused-ring (bicyclic) bond motifs is 3. The highest BCUT2D eigenvalue weighted by atomic mass is 32.2. The third-order valence-corrected chi connectivity index (χ3v) is 5.65. The quantitative estimate of drug-likeness (QED) is 0.656. The predicted molar refractivity (Wildman–Crippen MR) is 99.3 cm³/mol. The van der Waals surface area contributed by atoms with E-state index >= 15 is 0 Å². The fourth-order valence-corrected chi connectivity index (χ4v) is 4.11. The van der Waals surface area contributed by atoms with Crippen molar-refractivity contribution in [1.29, 1.82) is 0 Å². The summed E-state index contributed by atoms with van der Waals surface area (Å²) < 4.78 is 41.4. The molecule has 7 heteroatoms. The molecule has 3 rings (SSSR count). The minimum absolute atomic E-state index is 0.0968. The highest BCUT2D eigenvalue weighted by molar-refractivity contribution is 8.01. The highest BCUT2D eigenvalue weighted by Gasteiger charge is 2.33. The van der Waals surface area contributed by atoms with Crippen LogP contribution in [0.2, 0.25) is 0 Å². The zero-order valence-electron chi connectivity index (χ0n) is 14.6. The number of nitrogens with one attached hydrogen (secondary N) is 1. The van der Waals surface area contributed by atoms with Gasteiger partial charge in [0, 0.05) is 16.5 Å². The number of phenolic OH excluding ortho intramolecular Hbond substituents is 1. The van der Waals surface area contributed by atoms with E-state index in [4.69, 9.17) is 0 Å². The van der Waals surface area contributed by atoms with E-state index in [1.807, 2.05) is 4.31 Å². The lowest BCUT2D eigenvalue weighted by Gasteiger charge is -2.33. The van der Waals surface area contributed by atoms with E-state index in [1.54, 1.807) is 12.1 Å². The van der Waals surface area contributed by atoms with Crippen molar-refractivity contribution in [2.45, 2.75) is 43.8 Å². The van der Waals surface area contributed by atoms with E-state index in [2.05, 4.69) is 19.2 Å². The third-order valence-electron chi connectivity index (χ3n) is 4.57. The molecule has 0 fully saturated rings. The van der Waals surface area contributed by atoms with Gasteiger partial charge in [-0.25, -0.2) is 0 Å². The molecular weight excluding hydrogens is 361 g/mol. The summed E-state index contributed by atoms with van der Waals surface area (Å²) in [5.74, 6) is 0.0968. The maximum absolute atomic E-state index is 13.2. The molecule has 26 heavy (non-hydrogen) atoms. The minimum Gasteiger partial charge on any atom is -0.508 e. The maximum Gasteiger partial charge on any atom is 0.416 e. The summed E-state index contributed by atoms with van der Waals surface area (Å²) in [6.45, 7) is 4.70. The Morgan fingerprint density at radius 3 is 2.46 bits per heavy atom. The summed E-state index contributed by atoms with van der Waals surface area (Å²) in [5.41, 5.74) is 1.29. The molecule has 0 saturated carbocycles. The van der Waals surface area contributed by atoms with Crippen LogP contribution in [0, 0.1) is 0 Å². The molecule has 0 aliphatic carbocycles. The first-order valence-electron chi connectivity index (χ1n) is 8.57. The average molecular weight is 382 g/mol. The van der Waals surface area contributed by atoms with Crippen molar-refractivity contribution in [3.8, 4) is 16.9 Å². The van der Waals surface area contributed by atoms with Crippen molar-refractivity contribution in [3.63, 3.8) is 0 Å². The monoisotopic (exact) mass is 382 g/mol. The predicted octanol–water partition coefficient (Wildman–Crippen LogP) is 5.64. The normalized spacial score (nSPS) is 13.7. The molecule has 0 amide bonds. The Morgan fingerprint density at radius 2 is 1.81 bits per heavy atom. The first kappa shape index (κ1) is 18.9. The first-order chi connectivity index (χ1) is 12.3. The van der Waals surface area contributed by atoms with Gasteiger partial charge in [0.05, 0.1) is 17.9 Å². The van der Waals surface area contributed by atoms with Crippen LogP contribution in [-0.4, -0.2) is 17.8 Å². The van der Waals surface area contributed by atoms with Crippen molar-refractivity contribution >= 4 is 17.6 Å². The van der Waals surface area contributed by atoms with Gasteiger partial charge < -0.3 is 5.11 Å². The largest absolute Gasteiger partial charge is 0.508 e. The number of rotatable bonds is 5. The Morgan fingerprint density at radius 1 is 1.08 bits per heavy atom. The molecule has 0 saturated heterocycles. The SMILES string of the molecule is CCC(CC)NCN1Sc2cc(O)ccc2-c2cc(C(F)(F)F)ccc21. The number of benzene rings is 2. The second-order valence-electron chi connectivity index (χ2n) is 6.26. The second kappa shape index (κ2) is 7.40. The van der Waals surface area contributed by atoms with Gasteiger partial charge in [0.2, 0.25) is 0 Å². The van der Waals surface area contributed by atoms with Crippen LogP contribution in [0.1, 0.15) is 32.3 Å². The summed E-state index contributed by atoms with van der Waals surface area (Å²) in [5, 5.41) is 13.2. The van der Waals surface area contributed by atoms with Crippen LogP contribution in [-0.2, 0) is 6.18 Å². The number of nitrogens with zero attached hydrogens (tertiary/aromatic N) is 1. The molecule has 3 nitrogen and oxygen atoms in total. The van der Waals surface area contributed by atoms with Crippen LogP contribution in [0.25, 0.3) is 11.1 Å². The Bertz CT molecular complexity index is 791. The molecule has 0 aromatic heterocycles. The molecule has 2 aromatic rings. The van der Waals surface area contributed by atoms with E-state index in [-0.39, 0.29) is 5.75 Å². The van der Waals surface area contributed by atoms with Gasteiger partial charge in [-0.3, -0.25) is 9.62 Å². The molecule has 1 heterocycles. The molecule has 0 bridgehead atoms. The molecule has 2 aromatic carbocycles. The Balaban J connectivity index is 2.01. The first-order valence-corrected chi connectivity index (χ1v) is 9.34. The molecule has 2 N–H and O–H groups in total. The minimum atomic E-state index is -4.39. The summed E-state index contributed by atoms with van der Waals surface area (Å²) in [7, 11) is 0. The number of anilines is 1. The van der Waals surface area contributed by atoms with Gasteiger partial charge in [0.15, 0.2) is 0 Å². The zero-order valence-corrected chi connectivity index (χ0v) is 15.4. The Hall–Kier alpha value is -1.86. The van der Waals surface area contributed by atoms with E-state index in [0.717, 1.165) is 29.5 Å². The number of alkyl halides is 3. The molecular formula is C19H21F3N2OS. The van der Waals surface area contributed by atoms with Crippen molar-refractivity contribution in [2.75, 3.05) is 11.0 Å². The molecule has 140 valence electrons. The van der Waals surface area contributed by atoms with Crippen molar-refractivity contribution in [3.05, 3.63) is 42.0 Å². The zero-order chi connectivity index (χ0) is 18.9. The van der Waals surface area contributed by atoms with E-state index < -0.39 is 11.7 Å². The molecule has 1 aliphatic heterocycles. The topological polar surface area (TPSA) is 35.5 Å². The van der Waals surface area contributed by atoms with Crippen LogP contribution in [0.5, 0.6) is 5.75 Å². The second-order valence-corrected chi connectivity index (χ2v) is 7.32. The number of aromatic hydroxyl groups is 1. The van der Waals surface area contributed by atoms with Gasteiger partial charge in [-0.2, -0.15) is 13.2 Å². The summed E-state index contributed by atoms with van der Waals surface area (Å²) in [6, 6.07) is 8.94. The van der Waals surface area contributed by atoms with Crippen LogP contribution >= 0.6 is 11.9 Å². The summed E-state index contributed by atoms with van der Waals surface area (Å²) in [4.78, 5) is 0.739. The van der Waals surface area contributed by atoms with Crippen molar-refractivity contribution in [1.82, 2.24) is 5.32 Å². The maximum atomic E-state index is 13.2. The lowest BCUT2D eigenvalue weighted by atomic mass is 10.00. The van der Waals surface area contributed by atoms with Gasteiger partial charge in [-0.15, -0.1) is 0 Å². The van der Waals surface area contributed by atoms with Crippen LogP contribution in [0.15, 0.2) is 41.3 Å². The van der Waals surface area contributed by atoms with Gasteiger partial charge in [-0.1, -0.05) is 13.8 Å². The van der Waals surface area contributed by atoms with E-state index in [9.17, 15) is 18.3 Å². The number of hydrogen-bond donors (Lipinski definition) is 2. The average Bonchev–Trinajstić information content (AvgIpc) is 2.61. The Kier molecular flexibility index (Phi) is 5.39. The van der Waals surface area contributed by atoms with Gasteiger partial charge >= 0.3 is 6.18 Å². The fraction of sp³-hybridized carbons (Fsp3) is 0.368. The van der Waals surface area contributed by atoms with Crippen LogP contribution in [0.4, 0.5) is 18.9 Å². The van der Waals surface area contributed by atoms with Crippen molar-refractivity contribution in [2.24, 2.45) is 0 Å². The summed E-state index contributed by atoms with van der Waals surface area (Å²) >= 11 is 1.42. The fourth-order valence-electron chi connectivity index (χ4n) is 3.03. The summed E-state index contributed by atoms with van der Waals surface area (Å²) in [6.07, 6.45) is -2.44. The molecule has 0 unspecified atom stereocenters. The number of hydrogen-bond acceptors (Lipinski definition) is 4.